The summed E-state index contributed by atoms with van der Waals surface area (Å²) in [4.78, 5) is 27.7. The fourth-order valence-corrected chi connectivity index (χ4v) is 4.02. The first-order valence-corrected chi connectivity index (χ1v) is 10.7. The lowest BCUT2D eigenvalue weighted by Gasteiger charge is -2.30. The summed E-state index contributed by atoms with van der Waals surface area (Å²) in [5.74, 6) is -0.0259. The number of nitrogens with zero attached hydrogens (tertiary/aromatic N) is 1. The number of hydrogen-bond donors (Lipinski definition) is 1. The molecule has 0 spiro atoms. The number of nitrogens with one attached hydrogen (secondary N) is 1. The third kappa shape index (κ3) is 6.18. The first-order chi connectivity index (χ1) is 14.0. The summed E-state index contributed by atoms with van der Waals surface area (Å²) < 4.78 is 0. The molecule has 0 heterocycles. The second-order valence-corrected chi connectivity index (χ2v) is 8.16. The van der Waals surface area contributed by atoms with Gasteiger partial charge in [0.2, 0.25) is 11.8 Å². The Hall–Kier alpha value is -2.62. The van der Waals surface area contributed by atoms with Crippen molar-refractivity contribution < 1.29 is 9.59 Å². The standard InChI is InChI=1S/C25H32N2O2/c1-19-9-8-12-22(17-19)18-27(20(2)25(29)26-23-13-6-7-14-23)24(28)16-15-21-10-4-3-5-11-21/h3-5,8-12,17,20,23H,6-7,13-16,18H2,1-2H3,(H,26,29)/t20-/m1/s1. The molecule has 1 atom stereocenters. The van der Waals surface area contributed by atoms with E-state index in [1.54, 1.807) is 4.90 Å². The second kappa shape index (κ2) is 10.2. The molecule has 0 saturated heterocycles. The van der Waals surface area contributed by atoms with Gasteiger partial charge < -0.3 is 10.2 Å². The van der Waals surface area contributed by atoms with Gasteiger partial charge in [-0.25, -0.2) is 0 Å². The van der Waals surface area contributed by atoms with Gasteiger partial charge >= 0.3 is 0 Å². The van der Waals surface area contributed by atoms with Crippen molar-refractivity contribution in [3.8, 4) is 0 Å². The minimum Gasteiger partial charge on any atom is -0.352 e. The molecule has 4 nitrogen and oxygen atoms in total. The lowest BCUT2D eigenvalue weighted by atomic mass is 10.1. The molecule has 154 valence electrons. The van der Waals surface area contributed by atoms with E-state index in [1.165, 1.54) is 12.8 Å². The van der Waals surface area contributed by atoms with Crippen LogP contribution in [0.4, 0.5) is 0 Å². The Morgan fingerprint density at radius 1 is 1.03 bits per heavy atom. The summed E-state index contributed by atoms with van der Waals surface area (Å²) in [5, 5.41) is 3.15. The summed E-state index contributed by atoms with van der Waals surface area (Å²) in [6, 6.07) is 17.9. The highest BCUT2D eigenvalue weighted by molar-refractivity contribution is 5.87. The van der Waals surface area contributed by atoms with Crippen LogP contribution in [0.15, 0.2) is 54.6 Å². The molecule has 4 heteroatoms. The second-order valence-electron chi connectivity index (χ2n) is 8.16. The number of benzene rings is 2. The van der Waals surface area contributed by atoms with Gasteiger partial charge in [-0.15, -0.1) is 0 Å². The van der Waals surface area contributed by atoms with Crippen molar-refractivity contribution in [1.29, 1.82) is 0 Å². The summed E-state index contributed by atoms with van der Waals surface area (Å²) in [7, 11) is 0. The SMILES string of the molecule is Cc1cccc(CN(C(=O)CCc2ccccc2)[C@H](C)C(=O)NC2CCCC2)c1. The zero-order valence-electron chi connectivity index (χ0n) is 17.6. The smallest absolute Gasteiger partial charge is 0.242 e. The van der Waals surface area contributed by atoms with Gasteiger partial charge in [0.05, 0.1) is 0 Å². The van der Waals surface area contributed by atoms with Crippen molar-refractivity contribution in [3.63, 3.8) is 0 Å². The quantitative estimate of drug-likeness (QED) is 0.724. The minimum atomic E-state index is -0.487. The van der Waals surface area contributed by atoms with Gasteiger partial charge in [-0.3, -0.25) is 9.59 Å². The van der Waals surface area contributed by atoms with Gasteiger partial charge in [0.1, 0.15) is 6.04 Å². The average Bonchev–Trinajstić information content (AvgIpc) is 3.23. The summed E-state index contributed by atoms with van der Waals surface area (Å²) in [6.07, 6.45) is 5.50. The molecule has 1 fully saturated rings. The molecule has 3 rings (SSSR count). The topological polar surface area (TPSA) is 49.4 Å². The van der Waals surface area contributed by atoms with Crippen LogP contribution in [0.2, 0.25) is 0 Å². The molecule has 0 unspecified atom stereocenters. The van der Waals surface area contributed by atoms with Crippen LogP contribution in [0.5, 0.6) is 0 Å². The highest BCUT2D eigenvalue weighted by atomic mass is 16.2. The van der Waals surface area contributed by atoms with Crippen LogP contribution < -0.4 is 5.32 Å². The summed E-state index contributed by atoms with van der Waals surface area (Å²) in [5.41, 5.74) is 3.35. The van der Waals surface area contributed by atoms with Crippen molar-refractivity contribution in [3.05, 3.63) is 71.3 Å². The molecule has 0 aromatic heterocycles. The summed E-state index contributed by atoms with van der Waals surface area (Å²) in [6.45, 7) is 4.34. The lowest BCUT2D eigenvalue weighted by Crippen LogP contribution is -2.49. The average molecular weight is 393 g/mol. The Morgan fingerprint density at radius 2 is 1.72 bits per heavy atom. The van der Waals surface area contributed by atoms with E-state index >= 15 is 0 Å². The predicted octanol–water partition coefficient (Wildman–Crippen LogP) is 4.40. The number of hydrogen-bond acceptors (Lipinski definition) is 2. The molecule has 0 radical (unpaired) electrons. The minimum absolute atomic E-state index is 0.0180. The van der Waals surface area contributed by atoms with Crippen LogP contribution in [0.1, 0.15) is 55.7 Å². The summed E-state index contributed by atoms with van der Waals surface area (Å²) >= 11 is 0. The van der Waals surface area contributed by atoms with Gasteiger partial charge in [-0.2, -0.15) is 0 Å². The Balaban J connectivity index is 1.70. The van der Waals surface area contributed by atoms with Gasteiger partial charge in [-0.1, -0.05) is 73.0 Å². The molecule has 2 aromatic carbocycles. The zero-order valence-corrected chi connectivity index (χ0v) is 17.6. The number of aryl methyl sites for hydroxylation is 2. The van der Waals surface area contributed by atoms with Crippen LogP contribution in [-0.2, 0) is 22.6 Å². The largest absolute Gasteiger partial charge is 0.352 e. The molecule has 2 aromatic rings. The van der Waals surface area contributed by atoms with Gasteiger partial charge in [-0.05, 0) is 44.2 Å². The Kier molecular flexibility index (Phi) is 7.45. The third-order valence-corrected chi connectivity index (χ3v) is 5.77. The number of carbonyl (C=O) groups excluding carboxylic acids is 2. The number of carbonyl (C=O) groups is 2. The molecule has 0 aliphatic heterocycles. The fourth-order valence-electron chi connectivity index (χ4n) is 4.02. The van der Waals surface area contributed by atoms with Crippen molar-refractivity contribution in [1.82, 2.24) is 10.2 Å². The molecule has 1 saturated carbocycles. The van der Waals surface area contributed by atoms with E-state index in [-0.39, 0.29) is 17.9 Å². The molecule has 1 N–H and O–H groups in total. The monoisotopic (exact) mass is 392 g/mol. The maximum Gasteiger partial charge on any atom is 0.242 e. The highest BCUT2D eigenvalue weighted by Crippen LogP contribution is 2.19. The van der Waals surface area contributed by atoms with Crippen LogP contribution >= 0.6 is 0 Å². The van der Waals surface area contributed by atoms with Crippen molar-refractivity contribution in [2.24, 2.45) is 0 Å². The van der Waals surface area contributed by atoms with Crippen molar-refractivity contribution in [2.75, 3.05) is 0 Å². The van der Waals surface area contributed by atoms with E-state index in [0.717, 1.165) is 29.5 Å². The highest BCUT2D eigenvalue weighted by Gasteiger charge is 2.28. The first-order valence-electron chi connectivity index (χ1n) is 10.7. The zero-order chi connectivity index (χ0) is 20.6. The van der Waals surface area contributed by atoms with Crippen LogP contribution in [0.25, 0.3) is 0 Å². The van der Waals surface area contributed by atoms with Crippen LogP contribution in [0.3, 0.4) is 0 Å². The van der Waals surface area contributed by atoms with Crippen LogP contribution in [0, 0.1) is 6.92 Å². The third-order valence-electron chi connectivity index (χ3n) is 5.77. The molecular weight excluding hydrogens is 360 g/mol. The van der Waals surface area contributed by atoms with E-state index in [9.17, 15) is 9.59 Å². The number of rotatable bonds is 8. The van der Waals surface area contributed by atoms with E-state index in [1.807, 2.05) is 62.4 Å². The first kappa shape index (κ1) is 21.1. The van der Waals surface area contributed by atoms with Crippen molar-refractivity contribution >= 4 is 11.8 Å². The van der Waals surface area contributed by atoms with E-state index in [4.69, 9.17) is 0 Å². The molecular formula is C25H32N2O2. The lowest BCUT2D eigenvalue weighted by molar-refractivity contribution is -0.140. The number of amides is 2. The maximum atomic E-state index is 13.1. The Labute approximate surface area is 174 Å². The molecule has 2 amide bonds. The normalized spacial score (nSPS) is 15.1. The molecule has 1 aliphatic rings. The molecule has 29 heavy (non-hydrogen) atoms. The van der Waals surface area contributed by atoms with E-state index < -0.39 is 6.04 Å². The molecule has 1 aliphatic carbocycles. The maximum absolute atomic E-state index is 13.1. The van der Waals surface area contributed by atoms with E-state index in [2.05, 4.69) is 11.4 Å². The van der Waals surface area contributed by atoms with Gasteiger partial charge in [0.25, 0.3) is 0 Å². The van der Waals surface area contributed by atoms with E-state index in [0.29, 0.717) is 19.4 Å². The van der Waals surface area contributed by atoms with Gasteiger partial charge in [0.15, 0.2) is 0 Å². The molecule has 0 bridgehead atoms. The Morgan fingerprint density at radius 3 is 2.41 bits per heavy atom. The van der Waals surface area contributed by atoms with Crippen molar-refractivity contribution in [2.45, 2.75) is 71.0 Å². The Bertz CT molecular complexity index is 813. The fraction of sp³-hybridized carbons (Fsp3) is 0.440. The van der Waals surface area contributed by atoms with Crippen LogP contribution in [-0.4, -0.2) is 28.8 Å². The predicted molar refractivity (Wildman–Crippen MR) is 116 cm³/mol. The van der Waals surface area contributed by atoms with Gasteiger partial charge in [0, 0.05) is 19.0 Å².